The minimum Gasteiger partial charge on any atom is -0.368 e. The molecule has 2 aliphatic rings. The van der Waals surface area contributed by atoms with Gasteiger partial charge in [0.1, 0.15) is 0 Å². The summed E-state index contributed by atoms with van der Waals surface area (Å²) in [4.78, 5) is 27.0. The van der Waals surface area contributed by atoms with Crippen molar-refractivity contribution in [1.82, 2.24) is 14.8 Å². The maximum absolute atomic E-state index is 12.9. The summed E-state index contributed by atoms with van der Waals surface area (Å²) in [5, 5.41) is 11.4. The van der Waals surface area contributed by atoms with E-state index in [0.717, 1.165) is 57.5 Å². The number of hydrogen-bond donors (Lipinski definition) is 4. The highest BCUT2D eigenvalue weighted by Crippen LogP contribution is 2.18. The fourth-order valence-corrected chi connectivity index (χ4v) is 4.63. The first-order chi connectivity index (χ1) is 16.4. The van der Waals surface area contributed by atoms with E-state index in [1.54, 1.807) is 12.1 Å². The number of aromatic amines is 1. The van der Waals surface area contributed by atoms with Gasteiger partial charge in [-0.15, -0.1) is 0 Å². The van der Waals surface area contributed by atoms with Crippen LogP contribution in [0.2, 0.25) is 0 Å². The third-order valence-electron chi connectivity index (χ3n) is 6.87. The van der Waals surface area contributed by atoms with Gasteiger partial charge < -0.3 is 30.7 Å². The van der Waals surface area contributed by atoms with E-state index >= 15 is 0 Å². The van der Waals surface area contributed by atoms with E-state index in [1.807, 2.05) is 42.4 Å². The number of anilines is 2. The Balaban J connectivity index is 1.40. The van der Waals surface area contributed by atoms with Crippen molar-refractivity contribution in [3.05, 3.63) is 53.6 Å². The molecule has 0 radical (unpaired) electrons. The number of piperidine rings is 2. The van der Waals surface area contributed by atoms with E-state index in [0.29, 0.717) is 16.7 Å². The van der Waals surface area contributed by atoms with Gasteiger partial charge in [-0.1, -0.05) is 0 Å². The van der Waals surface area contributed by atoms with E-state index in [4.69, 9.17) is 11.1 Å². The smallest absolute Gasteiger partial charge is 0.253 e. The molecule has 9 heteroatoms. The lowest BCUT2D eigenvalue weighted by Crippen LogP contribution is -2.44. The Labute approximate surface area is 201 Å². The van der Waals surface area contributed by atoms with Gasteiger partial charge in [0.05, 0.1) is 5.69 Å². The number of amides is 1. The van der Waals surface area contributed by atoms with Gasteiger partial charge in [-0.05, 0) is 82.2 Å². The lowest BCUT2D eigenvalue weighted by molar-refractivity contribution is 0.0659. The summed E-state index contributed by atoms with van der Waals surface area (Å²) >= 11 is 0. The van der Waals surface area contributed by atoms with Crippen molar-refractivity contribution in [1.29, 1.82) is 5.41 Å². The van der Waals surface area contributed by atoms with Crippen molar-refractivity contribution in [3.8, 4) is 0 Å². The van der Waals surface area contributed by atoms with Gasteiger partial charge in [0, 0.05) is 49.7 Å². The summed E-state index contributed by atoms with van der Waals surface area (Å²) in [6.45, 7) is 3.79. The largest absolute Gasteiger partial charge is 0.368 e. The van der Waals surface area contributed by atoms with Gasteiger partial charge in [0.15, 0.2) is 5.49 Å². The van der Waals surface area contributed by atoms with Crippen LogP contribution in [0.25, 0.3) is 0 Å². The molecule has 2 saturated heterocycles. The highest BCUT2D eigenvalue weighted by molar-refractivity contribution is 5.96. The Kier molecular flexibility index (Phi) is 7.64. The predicted molar refractivity (Wildman–Crippen MR) is 136 cm³/mol. The van der Waals surface area contributed by atoms with Crippen molar-refractivity contribution >= 4 is 23.2 Å². The first-order valence-corrected chi connectivity index (χ1v) is 12.0. The molecule has 1 aromatic carbocycles. The van der Waals surface area contributed by atoms with Gasteiger partial charge in [-0.2, -0.15) is 4.99 Å². The number of H-pyrrole nitrogens is 1. The molecule has 0 aliphatic carbocycles. The topological polar surface area (TPSA) is 117 Å². The SMILES string of the molecule is CN1CCC(N(C)C(=O)c2ccc(NC(=N)/N=c3\[nH]cccc3N3CCC(N)CC3)cc2)CC1. The molecule has 1 aromatic heterocycles. The number of guanidine groups is 1. The number of nitrogens with zero attached hydrogens (tertiary/aromatic N) is 4. The van der Waals surface area contributed by atoms with E-state index in [1.165, 1.54) is 0 Å². The molecule has 0 unspecified atom stereocenters. The first-order valence-electron chi connectivity index (χ1n) is 12.0. The number of hydrogen-bond acceptors (Lipinski definition) is 5. The zero-order valence-electron chi connectivity index (χ0n) is 20.1. The molecule has 0 saturated carbocycles. The van der Waals surface area contributed by atoms with Crippen molar-refractivity contribution in [3.63, 3.8) is 0 Å². The highest BCUT2D eigenvalue weighted by Gasteiger charge is 2.24. The normalized spacial score (nSPS) is 18.7. The fraction of sp³-hybridized carbons (Fsp3) is 0.480. The highest BCUT2D eigenvalue weighted by atomic mass is 16.2. The maximum Gasteiger partial charge on any atom is 0.253 e. The first kappa shape index (κ1) is 24.0. The summed E-state index contributed by atoms with van der Waals surface area (Å²) in [5.74, 6) is 0.0607. The van der Waals surface area contributed by atoms with Gasteiger partial charge in [-0.3, -0.25) is 10.2 Å². The van der Waals surface area contributed by atoms with Crippen LogP contribution < -0.4 is 21.4 Å². The fourth-order valence-electron chi connectivity index (χ4n) is 4.63. The second-order valence-electron chi connectivity index (χ2n) is 9.34. The molecule has 1 amide bonds. The quantitative estimate of drug-likeness (QED) is 0.408. The minimum atomic E-state index is 0.0277. The van der Waals surface area contributed by atoms with Crippen LogP contribution in [0, 0.1) is 5.41 Å². The van der Waals surface area contributed by atoms with E-state index in [9.17, 15) is 4.79 Å². The molecular formula is C25H36N8O. The van der Waals surface area contributed by atoms with Crippen LogP contribution in [0.5, 0.6) is 0 Å². The summed E-state index contributed by atoms with van der Waals surface area (Å²) in [6, 6.07) is 11.7. The molecule has 0 spiro atoms. The van der Waals surface area contributed by atoms with E-state index in [-0.39, 0.29) is 24.0 Å². The molecule has 5 N–H and O–H groups in total. The second kappa shape index (κ2) is 10.8. The van der Waals surface area contributed by atoms with Crippen LogP contribution in [-0.4, -0.2) is 79.0 Å². The minimum absolute atomic E-state index is 0.0277. The number of nitrogens with two attached hydrogens (primary N) is 1. The molecule has 2 fully saturated rings. The van der Waals surface area contributed by atoms with Crippen molar-refractivity contribution < 1.29 is 4.79 Å². The number of carbonyl (C=O) groups is 1. The zero-order valence-corrected chi connectivity index (χ0v) is 20.1. The third kappa shape index (κ3) is 5.84. The number of carbonyl (C=O) groups excluding carboxylic acids is 1. The van der Waals surface area contributed by atoms with Gasteiger partial charge in [-0.25, -0.2) is 0 Å². The Morgan fingerprint density at radius 3 is 2.47 bits per heavy atom. The molecule has 3 heterocycles. The van der Waals surface area contributed by atoms with E-state index < -0.39 is 0 Å². The summed E-state index contributed by atoms with van der Waals surface area (Å²) in [5.41, 5.74) is 9.02. The number of pyridine rings is 1. The summed E-state index contributed by atoms with van der Waals surface area (Å²) in [7, 11) is 4.01. The number of benzene rings is 1. The number of likely N-dealkylation sites (tertiary alicyclic amines) is 1. The second-order valence-corrected chi connectivity index (χ2v) is 9.34. The van der Waals surface area contributed by atoms with Crippen molar-refractivity contribution in [2.75, 3.05) is 50.5 Å². The number of nitrogens with one attached hydrogen (secondary N) is 3. The van der Waals surface area contributed by atoms with Crippen LogP contribution in [0.1, 0.15) is 36.0 Å². The lowest BCUT2D eigenvalue weighted by Gasteiger charge is -2.35. The summed E-state index contributed by atoms with van der Waals surface area (Å²) in [6.07, 6.45) is 5.70. The molecule has 9 nitrogen and oxygen atoms in total. The van der Waals surface area contributed by atoms with Crippen LogP contribution in [-0.2, 0) is 0 Å². The Morgan fingerprint density at radius 2 is 1.79 bits per heavy atom. The van der Waals surface area contributed by atoms with Crippen LogP contribution in [0.3, 0.4) is 0 Å². The number of rotatable bonds is 4. The molecule has 34 heavy (non-hydrogen) atoms. The molecule has 2 aromatic rings. The summed E-state index contributed by atoms with van der Waals surface area (Å²) < 4.78 is 0. The molecule has 2 aliphatic heterocycles. The molecular weight excluding hydrogens is 428 g/mol. The van der Waals surface area contributed by atoms with Crippen LogP contribution in [0.4, 0.5) is 11.4 Å². The van der Waals surface area contributed by atoms with Crippen molar-refractivity contribution in [2.24, 2.45) is 10.7 Å². The average molecular weight is 465 g/mol. The molecule has 182 valence electrons. The van der Waals surface area contributed by atoms with Crippen LogP contribution >= 0.6 is 0 Å². The number of aromatic nitrogens is 1. The van der Waals surface area contributed by atoms with Gasteiger partial charge in [0.2, 0.25) is 5.96 Å². The Morgan fingerprint density at radius 1 is 1.12 bits per heavy atom. The Bertz CT molecular complexity index is 1050. The molecule has 0 atom stereocenters. The standard InChI is InChI=1S/C25H36N8O/c1-31-14-11-21(12-15-31)32(2)24(34)18-5-7-20(8-6-18)29-25(27)30-23-22(4-3-13-28-23)33-16-9-19(26)10-17-33/h3-8,13,19,21H,9-12,14-17,26H2,1-2H3,(H3,27,28,29,30). The monoisotopic (exact) mass is 464 g/mol. The zero-order chi connectivity index (χ0) is 24.1. The molecule has 4 rings (SSSR count). The lowest BCUT2D eigenvalue weighted by atomic mass is 10.0. The third-order valence-corrected chi connectivity index (χ3v) is 6.87. The van der Waals surface area contributed by atoms with Crippen LogP contribution in [0.15, 0.2) is 47.6 Å². The van der Waals surface area contributed by atoms with E-state index in [2.05, 4.69) is 32.1 Å². The van der Waals surface area contributed by atoms with Gasteiger partial charge in [0.25, 0.3) is 5.91 Å². The molecule has 0 bridgehead atoms. The predicted octanol–water partition coefficient (Wildman–Crippen LogP) is 2.06. The van der Waals surface area contributed by atoms with Gasteiger partial charge >= 0.3 is 0 Å². The Hall–Kier alpha value is -3.17. The maximum atomic E-state index is 12.9. The van der Waals surface area contributed by atoms with Crippen molar-refractivity contribution in [2.45, 2.75) is 37.8 Å². The average Bonchev–Trinajstić information content (AvgIpc) is 2.85.